The smallest absolute Gasteiger partial charge is 0.303 e. The molecule has 0 amide bonds. The summed E-state index contributed by atoms with van der Waals surface area (Å²) >= 11 is 4.96. The van der Waals surface area contributed by atoms with Gasteiger partial charge in [-0.05, 0) is 38.3 Å². The Balaban J connectivity index is 2.17. The normalized spacial score (nSPS) is 12.5. The van der Waals surface area contributed by atoms with E-state index in [1.165, 1.54) is 0 Å². The third kappa shape index (κ3) is 3.60. The van der Waals surface area contributed by atoms with E-state index in [0.717, 1.165) is 15.8 Å². The third-order valence-electron chi connectivity index (χ3n) is 2.83. The van der Waals surface area contributed by atoms with Gasteiger partial charge in [0.15, 0.2) is 5.82 Å². The van der Waals surface area contributed by atoms with Crippen LogP contribution in [0.3, 0.4) is 0 Å². The van der Waals surface area contributed by atoms with Gasteiger partial charge in [-0.3, -0.25) is 4.79 Å². The minimum absolute atomic E-state index is 0.0295. The van der Waals surface area contributed by atoms with Crippen LogP contribution in [0.15, 0.2) is 15.2 Å². The molecule has 19 heavy (non-hydrogen) atoms. The van der Waals surface area contributed by atoms with Gasteiger partial charge in [0.1, 0.15) is 0 Å². The zero-order chi connectivity index (χ0) is 13.8. The standard InChI is InChI=1S/C11H13BrN4O2S/c1-2-7(3-10(17)18)5-16-11(13-14-15-16)8-4-9(12)19-6-8/h4,6-7H,2-3,5H2,1H3,(H,17,18). The van der Waals surface area contributed by atoms with Crippen molar-refractivity contribution in [2.24, 2.45) is 5.92 Å². The van der Waals surface area contributed by atoms with Crippen LogP contribution in [-0.2, 0) is 11.3 Å². The summed E-state index contributed by atoms with van der Waals surface area (Å²) in [6.07, 6.45) is 0.905. The molecule has 0 aliphatic rings. The Morgan fingerprint density at radius 2 is 2.42 bits per heavy atom. The molecule has 6 nitrogen and oxygen atoms in total. The molecule has 0 aliphatic carbocycles. The molecule has 0 spiro atoms. The number of nitrogens with zero attached hydrogens (tertiary/aromatic N) is 4. The Morgan fingerprint density at radius 1 is 1.63 bits per heavy atom. The van der Waals surface area contributed by atoms with Gasteiger partial charge in [0.25, 0.3) is 0 Å². The first kappa shape index (κ1) is 14.1. The number of aliphatic carboxylic acids is 1. The Kier molecular flexibility index (Phi) is 4.65. The van der Waals surface area contributed by atoms with E-state index in [4.69, 9.17) is 5.11 Å². The molecule has 2 aromatic rings. The highest BCUT2D eigenvalue weighted by Gasteiger charge is 2.17. The molecule has 0 fully saturated rings. The van der Waals surface area contributed by atoms with Crippen molar-refractivity contribution < 1.29 is 9.90 Å². The molecule has 1 N–H and O–H groups in total. The molecule has 0 bridgehead atoms. The maximum atomic E-state index is 10.8. The van der Waals surface area contributed by atoms with Gasteiger partial charge in [-0.25, -0.2) is 4.68 Å². The zero-order valence-corrected chi connectivity index (χ0v) is 12.7. The van der Waals surface area contributed by atoms with Crippen molar-refractivity contribution in [3.63, 3.8) is 0 Å². The first-order chi connectivity index (χ1) is 9.10. The topological polar surface area (TPSA) is 80.9 Å². The summed E-state index contributed by atoms with van der Waals surface area (Å²) < 4.78 is 2.68. The number of thiophene rings is 1. The van der Waals surface area contributed by atoms with Crippen LogP contribution in [0.1, 0.15) is 19.8 Å². The molecular weight excluding hydrogens is 332 g/mol. The minimum Gasteiger partial charge on any atom is -0.481 e. The number of carboxylic acid groups (broad SMARTS) is 1. The fraction of sp³-hybridized carbons (Fsp3) is 0.455. The van der Waals surface area contributed by atoms with Gasteiger partial charge < -0.3 is 5.11 Å². The second-order valence-corrected chi connectivity index (χ2v) is 6.49. The van der Waals surface area contributed by atoms with Crippen molar-refractivity contribution in [2.45, 2.75) is 26.3 Å². The number of aromatic nitrogens is 4. The number of hydrogen-bond donors (Lipinski definition) is 1. The summed E-state index contributed by atoms with van der Waals surface area (Å²) in [7, 11) is 0. The van der Waals surface area contributed by atoms with Crippen LogP contribution in [-0.4, -0.2) is 31.3 Å². The average Bonchev–Trinajstić information content (AvgIpc) is 2.96. The van der Waals surface area contributed by atoms with Gasteiger partial charge in [-0.15, -0.1) is 16.4 Å². The van der Waals surface area contributed by atoms with E-state index in [0.29, 0.717) is 12.4 Å². The molecule has 0 aliphatic heterocycles. The molecule has 1 atom stereocenters. The molecule has 2 heterocycles. The SMILES string of the molecule is CCC(CC(=O)O)Cn1nnnc1-c1csc(Br)c1. The van der Waals surface area contributed by atoms with E-state index in [1.54, 1.807) is 16.0 Å². The molecule has 8 heteroatoms. The Morgan fingerprint density at radius 3 is 3.00 bits per heavy atom. The highest BCUT2D eigenvalue weighted by atomic mass is 79.9. The molecule has 2 aromatic heterocycles. The number of rotatable bonds is 6. The monoisotopic (exact) mass is 344 g/mol. The lowest BCUT2D eigenvalue weighted by Gasteiger charge is -2.12. The van der Waals surface area contributed by atoms with Crippen molar-refractivity contribution in [3.05, 3.63) is 15.2 Å². The number of hydrogen-bond acceptors (Lipinski definition) is 5. The van der Waals surface area contributed by atoms with Gasteiger partial charge >= 0.3 is 5.97 Å². The lowest BCUT2D eigenvalue weighted by atomic mass is 10.0. The summed E-state index contributed by atoms with van der Waals surface area (Å²) in [5.41, 5.74) is 0.937. The third-order valence-corrected chi connectivity index (χ3v) is 4.33. The first-order valence-electron chi connectivity index (χ1n) is 5.82. The van der Waals surface area contributed by atoms with Crippen LogP contribution in [0.2, 0.25) is 0 Å². The van der Waals surface area contributed by atoms with Crippen LogP contribution in [0.4, 0.5) is 0 Å². The summed E-state index contributed by atoms with van der Waals surface area (Å²) in [6.45, 7) is 2.48. The summed E-state index contributed by atoms with van der Waals surface area (Å²) in [5.74, 6) is -0.0904. The fourth-order valence-electron chi connectivity index (χ4n) is 1.79. The largest absolute Gasteiger partial charge is 0.481 e. The summed E-state index contributed by atoms with van der Waals surface area (Å²) in [4.78, 5) is 10.8. The quantitative estimate of drug-likeness (QED) is 0.871. The van der Waals surface area contributed by atoms with E-state index < -0.39 is 5.97 Å². The second-order valence-electron chi connectivity index (χ2n) is 4.20. The van der Waals surface area contributed by atoms with Gasteiger partial charge in [-0.2, -0.15) is 0 Å². The van der Waals surface area contributed by atoms with E-state index in [2.05, 4.69) is 31.5 Å². The van der Waals surface area contributed by atoms with Crippen molar-refractivity contribution in [2.75, 3.05) is 0 Å². The van der Waals surface area contributed by atoms with E-state index in [-0.39, 0.29) is 12.3 Å². The molecule has 102 valence electrons. The van der Waals surface area contributed by atoms with Crippen LogP contribution in [0, 0.1) is 5.92 Å². The van der Waals surface area contributed by atoms with Crippen molar-refractivity contribution >= 4 is 33.2 Å². The average molecular weight is 345 g/mol. The first-order valence-corrected chi connectivity index (χ1v) is 7.49. The molecule has 2 rings (SSSR count). The highest BCUT2D eigenvalue weighted by Crippen LogP contribution is 2.27. The van der Waals surface area contributed by atoms with E-state index in [1.807, 2.05) is 18.4 Å². The molecular formula is C11H13BrN4O2S. The van der Waals surface area contributed by atoms with E-state index in [9.17, 15) is 4.79 Å². The minimum atomic E-state index is -0.792. The maximum absolute atomic E-state index is 10.8. The number of carbonyl (C=O) groups is 1. The molecule has 0 radical (unpaired) electrons. The van der Waals surface area contributed by atoms with Gasteiger partial charge in [0.05, 0.1) is 3.79 Å². The van der Waals surface area contributed by atoms with Crippen molar-refractivity contribution in [1.29, 1.82) is 0 Å². The van der Waals surface area contributed by atoms with Gasteiger partial charge in [0.2, 0.25) is 0 Å². The zero-order valence-electron chi connectivity index (χ0n) is 10.3. The maximum Gasteiger partial charge on any atom is 0.303 e. The van der Waals surface area contributed by atoms with Gasteiger partial charge in [-0.1, -0.05) is 13.3 Å². The lowest BCUT2D eigenvalue weighted by Crippen LogP contribution is -2.16. The Labute approximate surface area is 122 Å². The number of tetrazole rings is 1. The van der Waals surface area contributed by atoms with Crippen molar-refractivity contribution in [1.82, 2.24) is 20.2 Å². The molecule has 1 unspecified atom stereocenters. The predicted molar refractivity (Wildman–Crippen MR) is 74.9 cm³/mol. The van der Waals surface area contributed by atoms with Crippen LogP contribution in [0.25, 0.3) is 11.4 Å². The number of halogens is 1. The molecule has 0 aromatic carbocycles. The summed E-state index contributed by atoms with van der Waals surface area (Å²) in [6, 6.07) is 1.95. The van der Waals surface area contributed by atoms with Crippen molar-refractivity contribution in [3.8, 4) is 11.4 Å². The molecule has 0 saturated heterocycles. The predicted octanol–water partition coefficient (Wildman–Crippen LogP) is 2.67. The lowest BCUT2D eigenvalue weighted by molar-refractivity contribution is -0.138. The van der Waals surface area contributed by atoms with Gasteiger partial charge in [0, 0.05) is 23.9 Å². The van der Waals surface area contributed by atoms with Crippen LogP contribution < -0.4 is 0 Å². The van der Waals surface area contributed by atoms with Crippen LogP contribution >= 0.6 is 27.3 Å². The summed E-state index contributed by atoms with van der Waals surface area (Å²) in [5, 5.41) is 22.5. The Hall–Kier alpha value is -1.28. The second kappa shape index (κ2) is 6.25. The molecule has 0 saturated carbocycles. The fourth-order valence-corrected chi connectivity index (χ4v) is 2.93. The van der Waals surface area contributed by atoms with E-state index >= 15 is 0 Å². The Bertz CT molecular complexity index is 569. The number of carboxylic acids is 1. The highest BCUT2D eigenvalue weighted by molar-refractivity contribution is 9.11. The van der Waals surface area contributed by atoms with Crippen LogP contribution in [0.5, 0.6) is 0 Å².